The van der Waals surface area contributed by atoms with Crippen molar-refractivity contribution in [3.63, 3.8) is 0 Å². The number of carboxylic acid groups (broad SMARTS) is 1. The lowest BCUT2D eigenvalue weighted by atomic mass is 10.1. The Morgan fingerprint density at radius 3 is 1.52 bits per heavy atom. The molecule has 0 aliphatic heterocycles. The number of carbonyl (C=O) groups is 2. The summed E-state index contributed by atoms with van der Waals surface area (Å²) in [6.07, 6.45) is -0.587. The van der Waals surface area contributed by atoms with Crippen LogP contribution in [0.2, 0.25) is 0 Å². The molecule has 120 valence electrons. The number of rotatable bonds is 6. The van der Waals surface area contributed by atoms with E-state index >= 15 is 0 Å². The second kappa shape index (κ2) is 7.31. The van der Waals surface area contributed by atoms with E-state index in [-0.39, 0.29) is 24.6 Å². The summed E-state index contributed by atoms with van der Waals surface area (Å²) in [5.74, 6) is -1.44. The molecule has 0 aliphatic rings. The Kier molecular flexibility index (Phi) is 5.19. The second-order valence-electron chi connectivity index (χ2n) is 5.15. The molecule has 0 fully saturated rings. The fraction of sp³-hybridized carbons (Fsp3) is 0.176. The minimum atomic E-state index is -1.18. The molecule has 3 N–H and O–H groups in total. The molecule has 1 amide bonds. The third kappa shape index (κ3) is 5.03. The fourth-order valence-corrected chi connectivity index (χ4v) is 2.12. The molecule has 0 saturated carbocycles. The van der Waals surface area contributed by atoms with Gasteiger partial charge in [-0.25, -0.2) is 0 Å². The highest BCUT2D eigenvalue weighted by Crippen LogP contribution is 2.16. The van der Waals surface area contributed by atoms with E-state index in [9.17, 15) is 19.8 Å². The van der Waals surface area contributed by atoms with E-state index in [0.29, 0.717) is 0 Å². The summed E-state index contributed by atoms with van der Waals surface area (Å²) in [7, 11) is 0. The van der Waals surface area contributed by atoms with Crippen LogP contribution in [0, 0.1) is 0 Å². The summed E-state index contributed by atoms with van der Waals surface area (Å²) < 4.78 is 0. The van der Waals surface area contributed by atoms with Crippen molar-refractivity contribution in [3.05, 3.63) is 59.7 Å². The van der Waals surface area contributed by atoms with Gasteiger partial charge in [0.05, 0.1) is 0 Å². The summed E-state index contributed by atoms with van der Waals surface area (Å²) in [6, 6.07) is 12.7. The molecule has 0 aromatic heterocycles. The average Bonchev–Trinajstić information content (AvgIpc) is 2.50. The van der Waals surface area contributed by atoms with Gasteiger partial charge in [-0.15, -0.1) is 0 Å². The molecule has 2 rings (SSSR count). The zero-order chi connectivity index (χ0) is 16.8. The normalized spacial score (nSPS) is 10.3. The third-order valence-corrected chi connectivity index (χ3v) is 3.27. The zero-order valence-corrected chi connectivity index (χ0v) is 12.3. The zero-order valence-electron chi connectivity index (χ0n) is 12.3. The van der Waals surface area contributed by atoms with Gasteiger partial charge in [-0.2, -0.15) is 0 Å². The molecule has 23 heavy (non-hydrogen) atoms. The SMILES string of the molecule is O=C(O)CC(=O)N(Cc1ccc(O)cc1)Cc1ccc(O)cc1. The van der Waals surface area contributed by atoms with Crippen LogP contribution in [0.4, 0.5) is 0 Å². The van der Waals surface area contributed by atoms with Crippen molar-refractivity contribution in [1.29, 1.82) is 0 Å². The van der Waals surface area contributed by atoms with Crippen LogP contribution in [0.25, 0.3) is 0 Å². The first-order valence-corrected chi connectivity index (χ1v) is 6.99. The number of aliphatic carboxylic acids is 1. The number of aromatic hydroxyl groups is 2. The molecule has 6 heteroatoms. The first-order chi connectivity index (χ1) is 10.9. The van der Waals surface area contributed by atoms with Gasteiger partial charge in [0.15, 0.2) is 0 Å². The van der Waals surface area contributed by atoms with Crippen LogP contribution in [-0.2, 0) is 22.7 Å². The van der Waals surface area contributed by atoms with Crippen LogP contribution in [0.3, 0.4) is 0 Å². The Balaban J connectivity index is 2.16. The molecule has 2 aromatic rings. The number of phenols is 2. The van der Waals surface area contributed by atoms with Gasteiger partial charge in [0.1, 0.15) is 17.9 Å². The van der Waals surface area contributed by atoms with Gasteiger partial charge in [0, 0.05) is 13.1 Å². The summed E-state index contributed by atoms with van der Waals surface area (Å²) in [6.45, 7) is 0.459. The Morgan fingerprint density at radius 2 is 1.17 bits per heavy atom. The van der Waals surface area contributed by atoms with Crippen molar-refractivity contribution >= 4 is 11.9 Å². The maximum Gasteiger partial charge on any atom is 0.312 e. The second-order valence-corrected chi connectivity index (χ2v) is 5.15. The number of hydrogen-bond donors (Lipinski definition) is 3. The molecule has 0 atom stereocenters. The maximum absolute atomic E-state index is 12.1. The number of carbonyl (C=O) groups excluding carboxylic acids is 1. The Labute approximate surface area is 133 Å². The maximum atomic E-state index is 12.1. The van der Waals surface area contributed by atoms with Crippen LogP contribution in [-0.4, -0.2) is 32.1 Å². The molecule has 0 heterocycles. The predicted molar refractivity (Wildman–Crippen MR) is 82.7 cm³/mol. The standard InChI is InChI=1S/C17H17NO5/c19-14-5-1-12(2-6-14)10-18(16(21)9-17(22)23)11-13-3-7-15(20)8-4-13/h1-8,19-20H,9-11H2,(H,22,23). The van der Waals surface area contributed by atoms with Crippen LogP contribution in [0.5, 0.6) is 11.5 Å². The predicted octanol–water partition coefficient (Wildman–Crippen LogP) is 2.10. The molecule has 0 spiro atoms. The monoisotopic (exact) mass is 315 g/mol. The Morgan fingerprint density at radius 1 is 0.783 bits per heavy atom. The lowest BCUT2D eigenvalue weighted by Gasteiger charge is -2.22. The highest BCUT2D eigenvalue weighted by atomic mass is 16.4. The number of phenolic OH excluding ortho intramolecular Hbond substituents is 2. The topological polar surface area (TPSA) is 98.1 Å². The summed E-state index contributed by atoms with van der Waals surface area (Å²) >= 11 is 0. The molecular weight excluding hydrogens is 298 g/mol. The summed E-state index contributed by atoms with van der Waals surface area (Å²) in [5, 5.41) is 27.4. The van der Waals surface area contributed by atoms with Gasteiger partial charge in [0.25, 0.3) is 0 Å². The lowest BCUT2D eigenvalue weighted by Crippen LogP contribution is -2.31. The van der Waals surface area contributed by atoms with Crippen LogP contribution in [0.1, 0.15) is 17.5 Å². The number of benzene rings is 2. The van der Waals surface area contributed by atoms with Crippen molar-refractivity contribution in [1.82, 2.24) is 4.90 Å². The largest absolute Gasteiger partial charge is 0.508 e. The van der Waals surface area contributed by atoms with Crippen LogP contribution in [0.15, 0.2) is 48.5 Å². The summed E-state index contributed by atoms with van der Waals surface area (Å²) in [4.78, 5) is 24.4. The van der Waals surface area contributed by atoms with Gasteiger partial charge >= 0.3 is 5.97 Å². The molecule has 6 nitrogen and oxygen atoms in total. The van der Waals surface area contributed by atoms with E-state index in [2.05, 4.69) is 0 Å². The van der Waals surface area contributed by atoms with Gasteiger partial charge in [-0.05, 0) is 35.4 Å². The highest BCUT2D eigenvalue weighted by molar-refractivity contribution is 5.93. The van der Waals surface area contributed by atoms with Gasteiger partial charge in [0.2, 0.25) is 5.91 Å². The van der Waals surface area contributed by atoms with Crippen molar-refractivity contribution < 1.29 is 24.9 Å². The molecule has 0 bridgehead atoms. The van der Waals surface area contributed by atoms with Gasteiger partial charge in [-0.1, -0.05) is 24.3 Å². The van der Waals surface area contributed by atoms with Crippen LogP contribution < -0.4 is 0 Å². The molecule has 0 aliphatic carbocycles. The van der Waals surface area contributed by atoms with Crippen molar-refractivity contribution in [2.75, 3.05) is 0 Å². The van der Waals surface area contributed by atoms with E-state index < -0.39 is 18.3 Å². The number of hydrogen-bond acceptors (Lipinski definition) is 4. The first kappa shape index (κ1) is 16.4. The molecule has 0 unspecified atom stereocenters. The Bertz CT molecular complexity index is 632. The van der Waals surface area contributed by atoms with Gasteiger partial charge < -0.3 is 20.2 Å². The first-order valence-electron chi connectivity index (χ1n) is 6.99. The minimum absolute atomic E-state index is 0.121. The fourth-order valence-electron chi connectivity index (χ4n) is 2.12. The molecule has 0 saturated heterocycles. The third-order valence-electron chi connectivity index (χ3n) is 3.27. The number of amides is 1. The summed E-state index contributed by atoms with van der Waals surface area (Å²) in [5.41, 5.74) is 1.56. The van der Waals surface area contributed by atoms with Crippen molar-refractivity contribution in [2.24, 2.45) is 0 Å². The highest BCUT2D eigenvalue weighted by Gasteiger charge is 2.17. The smallest absolute Gasteiger partial charge is 0.312 e. The van der Waals surface area contributed by atoms with Gasteiger partial charge in [-0.3, -0.25) is 9.59 Å². The van der Waals surface area contributed by atoms with E-state index in [0.717, 1.165) is 11.1 Å². The van der Waals surface area contributed by atoms with Crippen molar-refractivity contribution in [3.8, 4) is 11.5 Å². The van der Waals surface area contributed by atoms with E-state index in [1.165, 1.54) is 29.2 Å². The van der Waals surface area contributed by atoms with E-state index in [1.807, 2.05) is 0 Å². The number of carboxylic acids is 1. The molecular formula is C17H17NO5. The van der Waals surface area contributed by atoms with Crippen molar-refractivity contribution in [2.45, 2.75) is 19.5 Å². The molecule has 0 radical (unpaired) electrons. The van der Waals surface area contributed by atoms with E-state index in [1.54, 1.807) is 24.3 Å². The van der Waals surface area contributed by atoms with Crippen LogP contribution >= 0.6 is 0 Å². The Hall–Kier alpha value is -3.02. The minimum Gasteiger partial charge on any atom is -0.508 e. The quantitative estimate of drug-likeness (QED) is 0.709. The number of nitrogens with zero attached hydrogens (tertiary/aromatic N) is 1. The van der Waals surface area contributed by atoms with E-state index in [4.69, 9.17) is 5.11 Å². The average molecular weight is 315 g/mol. The molecule has 2 aromatic carbocycles. The lowest BCUT2D eigenvalue weighted by molar-refractivity contribution is -0.144.